The van der Waals surface area contributed by atoms with Gasteiger partial charge in [-0.1, -0.05) is 64.1 Å². The van der Waals surface area contributed by atoms with E-state index < -0.39 is 11.8 Å². The molecule has 0 aliphatic heterocycles. The first-order chi connectivity index (χ1) is 12.3. The average Bonchev–Trinajstić information content (AvgIpc) is 2.62. The van der Waals surface area contributed by atoms with Crippen molar-refractivity contribution in [2.24, 2.45) is 5.10 Å². The molecule has 0 saturated carbocycles. The minimum atomic E-state index is -0.814. The monoisotopic (exact) mass is 351 g/mol. The van der Waals surface area contributed by atoms with Gasteiger partial charge in [-0.2, -0.15) is 5.10 Å². The number of nitrogens with one attached hydrogen (secondary N) is 2. The molecule has 0 fully saturated rings. The predicted molar refractivity (Wildman–Crippen MR) is 105 cm³/mol. The van der Waals surface area contributed by atoms with Gasteiger partial charge in [0.25, 0.3) is 0 Å². The van der Waals surface area contributed by atoms with Crippen LogP contribution in [-0.4, -0.2) is 18.0 Å². The van der Waals surface area contributed by atoms with Crippen LogP contribution in [0.3, 0.4) is 0 Å². The third kappa shape index (κ3) is 5.55. The van der Waals surface area contributed by atoms with Gasteiger partial charge in [-0.15, -0.1) is 0 Å². The van der Waals surface area contributed by atoms with Crippen molar-refractivity contribution in [1.29, 1.82) is 0 Å². The first-order valence-corrected chi connectivity index (χ1v) is 8.63. The SMILES string of the molecule is CCc1ccc(/C=N\NC(=O)C(=O)Nc2ccc(C(C)(C)C)cc2)cc1. The molecule has 0 saturated heterocycles. The molecule has 2 amide bonds. The second kappa shape index (κ2) is 8.43. The average molecular weight is 351 g/mol. The zero-order valence-electron chi connectivity index (χ0n) is 15.7. The summed E-state index contributed by atoms with van der Waals surface area (Å²) in [6.07, 6.45) is 2.47. The summed E-state index contributed by atoms with van der Waals surface area (Å²) in [6.45, 7) is 8.42. The van der Waals surface area contributed by atoms with E-state index in [1.54, 1.807) is 12.1 Å². The second-order valence-electron chi connectivity index (χ2n) is 7.08. The Morgan fingerprint density at radius 3 is 2.12 bits per heavy atom. The zero-order chi connectivity index (χ0) is 19.2. The predicted octanol–water partition coefficient (Wildman–Crippen LogP) is 3.64. The van der Waals surface area contributed by atoms with Gasteiger partial charge >= 0.3 is 11.8 Å². The van der Waals surface area contributed by atoms with E-state index in [1.165, 1.54) is 11.8 Å². The van der Waals surface area contributed by atoms with E-state index in [0.29, 0.717) is 5.69 Å². The molecule has 26 heavy (non-hydrogen) atoms. The van der Waals surface area contributed by atoms with E-state index in [4.69, 9.17) is 0 Å². The summed E-state index contributed by atoms with van der Waals surface area (Å²) < 4.78 is 0. The number of hydrogen-bond donors (Lipinski definition) is 2. The van der Waals surface area contributed by atoms with E-state index in [0.717, 1.165) is 17.5 Å². The topological polar surface area (TPSA) is 70.6 Å². The van der Waals surface area contributed by atoms with Gasteiger partial charge in [0.15, 0.2) is 0 Å². The van der Waals surface area contributed by atoms with Crippen molar-refractivity contribution in [2.75, 3.05) is 5.32 Å². The molecular weight excluding hydrogens is 326 g/mol. The Hall–Kier alpha value is -2.95. The van der Waals surface area contributed by atoms with Gasteiger partial charge in [0.05, 0.1) is 6.21 Å². The molecule has 0 bridgehead atoms. The van der Waals surface area contributed by atoms with Gasteiger partial charge in [0, 0.05) is 5.69 Å². The van der Waals surface area contributed by atoms with Crippen molar-refractivity contribution in [2.45, 2.75) is 39.5 Å². The lowest BCUT2D eigenvalue weighted by Gasteiger charge is -2.19. The fourth-order valence-electron chi connectivity index (χ4n) is 2.30. The summed E-state index contributed by atoms with van der Waals surface area (Å²) in [5.41, 5.74) is 6.06. The first-order valence-electron chi connectivity index (χ1n) is 8.63. The summed E-state index contributed by atoms with van der Waals surface area (Å²) in [4.78, 5) is 23.8. The molecule has 0 aliphatic carbocycles. The normalized spacial score (nSPS) is 11.4. The molecule has 2 aromatic rings. The number of carbonyl (C=O) groups is 2. The molecule has 5 heteroatoms. The maximum atomic E-state index is 11.9. The summed E-state index contributed by atoms with van der Waals surface area (Å²) in [7, 11) is 0. The molecule has 2 N–H and O–H groups in total. The third-order valence-electron chi connectivity index (χ3n) is 3.98. The van der Waals surface area contributed by atoms with Gasteiger partial charge < -0.3 is 5.32 Å². The molecule has 0 atom stereocenters. The van der Waals surface area contributed by atoms with Crippen LogP contribution in [0.2, 0.25) is 0 Å². The lowest BCUT2D eigenvalue weighted by Crippen LogP contribution is -2.32. The number of aryl methyl sites for hydroxylation is 1. The Labute approximate surface area is 154 Å². The van der Waals surface area contributed by atoms with Crippen molar-refractivity contribution < 1.29 is 9.59 Å². The van der Waals surface area contributed by atoms with Gasteiger partial charge in [0.1, 0.15) is 0 Å². The number of hydrogen-bond acceptors (Lipinski definition) is 3. The van der Waals surface area contributed by atoms with Gasteiger partial charge in [-0.3, -0.25) is 9.59 Å². The molecule has 5 nitrogen and oxygen atoms in total. The number of carbonyl (C=O) groups excluding carboxylic acids is 2. The Morgan fingerprint density at radius 2 is 1.58 bits per heavy atom. The minimum Gasteiger partial charge on any atom is -0.318 e. The largest absolute Gasteiger partial charge is 0.329 e. The Morgan fingerprint density at radius 1 is 0.962 bits per heavy atom. The van der Waals surface area contributed by atoms with Crippen molar-refractivity contribution in [3.63, 3.8) is 0 Å². The zero-order valence-corrected chi connectivity index (χ0v) is 15.7. The second-order valence-corrected chi connectivity index (χ2v) is 7.08. The van der Waals surface area contributed by atoms with Crippen LogP contribution in [0.1, 0.15) is 44.4 Å². The van der Waals surface area contributed by atoms with Crippen LogP contribution in [0.4, 0.5) is 5.69 Å². The van der Waals surface area contributed by atoms with Crippen molar-refractivity contribution in [1.82, 2.24) is 5.43 Å². The molecule has 0 aliphatic rings. The molecule has 136 valence electrons. The third-order valence-corrected chi connectivity index (χ3v) is 3.98. The number of rotatable bonds is 4. The highest BCUT2D eigenvalue weighted by molar-refractivity contribution is 6.39. The Bertz CT molecular complexity index is 786. The molecule has 0 unspecified atom stereocenters. The van der Waals surface area contributed by atoms with Crippen molar-refractivity contribution >= 4 is 23.7 Å². The van der Waals surface area contributed by atoms with Crippen LogP contribution in [0, 0.1) is 0 Å². The van der Waals surface area contributed by atoms with Crippen LogP contribution >= 0.6 is 0 Å². The van der Waals surface area contributed by atoms with Crippen LogP contribution in [0.25, 0.3) is 0 Å². The van der Waals surface area contributed by atoms with E-state index in [1.807, 2.05) is 36.4 Å². The highest BCUT2D eigenvalue weighted by Crippen LogP contribution is 2.23. The van der Waals surface area contributed by atoms with Gasteiger partial charge in [-0.05, 0) is 40.7 Å². The molecule has 2 rings (SSSR count). The molecule has 2 aromatic carbocycles. The number of hydrazone groups is 1. The highest BCUT2D eigenvalue weighted by atomic mass is 16.2. The summed E-state index contributed by atoms with van der Waals surface area (Å²) in [5.74, 6) is -1.57. The maximum Gasteiger partial charge on any atom is 0.329 e. The maximum absolute atomic E-state index is 11.9. The molecular formula is C21H25N3O2. The van der Waals surface area contributed by atoms with E-state index in [-0.39, 0.29) is 5.41 Å². The summed E-state index contributed by atoms with van der Waals surface area (Å²) in [5, 5.41) is 6.38. The van der Waals surface area contributed by atoms with E-state index in [2.05, 4.69) is 43.5 Å². The Kier molecular flexibility index (Phi) is 6.28. The molecule has 0 spiro atoms. The number of amides is 2. The highest BCUT2D eigenvalue weighted by Gasteiger charge is 2.15. The first kappa shape index (κ1) is 19.4. The summed E-state index contributed by atoms with van der Waals surface area (Å²) >= 11 is 0. The van der Waals surface area contributed by atoms with E-state index >= 15 is 0 Å². The van der Waals surface area contributed by atoms with Crippen LogP contribution in [0.5, 0.6) is 0 Å². The van der Waals surface area contributed by atoms with Crippen LogP contribution in [-0.2, 0) is 21.4 Å². The fraction of sp³-hybridized carbons (Fsp3) is 0.286. The Balaban J connectivity index is 1.88. The summed E-state index contributed by atoms with van der Waals surface area (Å²) in [6, 6.07) is 15.2. The van der Waals surface area contributed by atoms with E-state index in [9.17, 15) is 9.59 Å². The lowest BCUT2D eigenvalue weighted by molar-refractivity contribution is -0.136. The van der Waals surface area contributed by atoms with Crippen molar-refractivity contribution in [3.05, 3.63) is 65.2 Å². The van der Waals surface area contributed by atoms with Crippen LogP contribution in [0.15, 0.2) is 53.6 Å². The molecule has 0 aromatic heterocycles. The molecule has 0 radical (unpaired) electrons. The minimum absolute atomic E-state index is 0.0317. The number of nitrogens with zero attached hydrogens (tertiary/aromatic N) is 1. The standard InChI is InChI=1S/C21H25N3O2/c1-5-15-6-8-16(9-7-15)14-22-24-20(26)19(25)23-18-12-10-17(11-13-18)21(2,3)4/h6-14H,5H2,1-4H3,(H,23,25)(H,24,26)/b22-14-. The van der Waals surface area contributed by atoms with Crippen molar-refractivity contribution in [3.8, 4) is 0 Å². The number of benzene rings is 2. The molecule has 0 heterocycles. The van der Waals surface area contributed by atoms with Crippen LogP contribution < -0.4 is 10.7 Å². The number of anilines is 1. The smallest absolute Gasteiger partial charge is 0.318 e. The quantitative estimate of drug-likeness (QED) is 0.502. The van der Waals surface area contributed by atoms with Gasteiger partial charge in [0.2, 0.25) is 0 Å². The van der Waals surface area contributed by atoms with Gasteiger partial charge in [-0.25, -0.2) is 5.43 Å². The lowest BCUT2D eigenvalue weighted by atomic mass is 9.87. The fourth-order valence-corrected chi connectivity index (χ4v) is 2.30.